The molecule has 2 aromatic carbocycles. The Labute approximate surface area is 181 Å². The Kier molecular flexibility index (Phi) is 4.48. The third kappa shape index (κ3) is 3.41. The first-order valence-corrected chi connectivity index (χ1v) is 10.6. The lowest BCUT2D eigenvalue weighted by atomic mass is 9.44. The van der Waals surface area contributed by atoms with E-state index in [4.69, 9.17) is 16.3 Å². The third-order valence-corrected chi connectivity index (χ3v) is 6.63. The van der Waals surface area contributed by atoms with E-state index in [1.807, 2.05) is 12.1 Å². The third-order valence-electron chi connectivity index (χ3n) is 5.68. The van der Waals surface area contributed by atoms with Crippen LogP contribution in [0.2, 0.25) is 5.02 Å². The van der Waals surface area contributed by atoms with Gasteiger partial charge in [-0.15, -0.1) is 0 Å². The Balaban J connectivity index is 1.10. The molecule has 3 aliphatic carbocycles. The summed E-state index contributed by atoms with van der Waals surface area (Å²) in [5.74, 6) is -0.754. The molecule has 0 saturated heterocycles. The molecule has 4 aliphatic rings. The summed E-state index contributed by atoms with van der Waals surface area (Å²) < 4.78 is 24.9. The number of ether oxygens (including phenoxy) is 1. The molecule has 0 atom stereocenters. The van der Waals surface area contributed by atoms with E-state index in [0.717, 1.165) is 17.4 Å². The molecule has 3 saturated carbocycles. The number of amides is 2. The molecule has 7 nitrogen and oxygen atoms in total. The number of anilines is 2. The van der Waals surface area contributed by atoms with E-state index in [1.54, 1.807) is 6.07 Å². The van der Waals surface area contributed by atoms with Crippen LogP contribution in [0.5, 0.6) is 5.75 Å². The predicted molar refractivity (Wildman–Crippen MR) is 113 cm³/mol. The van der Waals surface area contributed by atoms with Crippen LogP contribution < -0.4 is 24.8 Å². The van der Waals surface area contributed by atoms with Gasteiger partial charge in [-0.1, -0.05) is 11.6 Å². The van der Waals surface area contributed by atoms with Crippen LogP contribution >= 0.6 is 23.7 Å². The first-order valence-electron chi connectivity index (χ1n) is 9.39. The van der Waals surface area contributed by atoms with Gasteiger partial charge < -0.3 is 24.8 Å². The Morgan fingerprint density at radius 1 is 1.07 bits per heavy atom. The van der Waals surface area contributed by atoms with Gasteiger partial charge in [0.2, 0.25) is 0 Å². The quantitative estimate of drug-likeness (QED) is 0.506. The molecule has 2 amide bonds. The minimum atomic E-state index is -0.596. The number of hydrogen-bond acceptors (Lipinski definition) is 6. The molecular weight excluding hydrogens is 431 g/mol. The molecule has 4 N–H and O–H groups in total. The second-order valence-corrected chi connectivity index (χ2v) is 9.04. The van der Waals surface area contributed by atoms with E-state index in [-0.39, 0.29) is 40.3 Å². The van der Waals surface area contributed by atoms with Crippen molar-refractivity contribution in [1.29, 1.82) is 0 Å². The van der Waals surface area contributed by atoms with E-state index in [2.05, 4.69) is 20.1 Å². The van der Waals surface area contributed by atoms with Crippen molar-refractivity contribution in [2.24, 2.45) is 0 Å². The number of benzene rings is 2. The minimum absolute atomic E-state index is 0.000259. The molecular formula is C20H18ClFN4O3S. The summed E-state index contributed by atoms with van der Waals surface area (Å²) in [7, 11) is 0. The van der Waals surface area contributed by atoms with Crippen LogP contribution in [0, 0.1) is 5.82 Å². The van der Waals surface area contributed by atoms with Gasteiger partial charge in [-0.3, -0.25) is 9.59 Å². The predicted octanol–water partition coefficient (Wildman–Crippen LogP) is 3.48. The topological polar surface area (TPSA) is 91.5 Å². The maximum absolute atomic E-state index is 13.4. The Morgan fingerprint density at radius 2 is 1.80 bits per heavy atom. The standard InChI is InChI=1S/C20H18ClFN4O3S/c21-13-3-2-12(6-14(13)22)29-7-17(27)23-19-8-20(9-19,10-19)24-18(28)11-1-4-15-16(5-11)26-30-25-15/h1-6,25-26H,7-10H2,(H,23,27)(H,24,28). The van der Waals surface area contributed by atoms with Gasteiger partial charge >= 0.3 is 0 Å². The Hall–Kier alpha value is -2.65. The van der Waals surface area contributed by atoms with Crippen molar-refractivity contribution in [2.75, 3.05) is 16.1 Å². The van der Waals surface area contributed by atoms with Gasteiger partial charge in [0.05, 0.1) is 28.5 Å². The van der Waals surface area contributed by atoms with Gasteiger partial charge in [-0.25, -0.2) is 4.39 Å². The molecule has 2 bridgehead atoms. The van der Waals surface area contributed by atoms with E-state index >= 15 is 0 Å². The zero-order valence-electron chi connectivity index (χ0n) is 15.7. The van der Waals surface area contributed by atoms with Gasteiger partial charge in [0.1, 0.15) is 11.6 Å². The summed E-state index contributed by atoms with van der Waals surface area (Å²) in [6.45, 7) is -0.212. The van der Waals surface area contributed by atoms with Gasteiger partial charge in [0.15, 0.2) is 6.61 Å². The molecule has 0 radical (unpaired) electrons. The zero-order valence-corrected chi connectivity index (χ0v) is 17.3. The molecule has 1 heterocycles. The SMILES string of the molecule is O=C(COc1ccc(Cl)c(F)c1)NC12CC(NC(=O)c3ccc4c(c3)NSN4)(C1)C2. The molecule has 3 fully saturated rings. The summed E-state index contributed by atoms with van der Waals surface area (Å²) in [5, 5.41) is 6.07. The van der Waals surface area contributed by atoms with Gasteiger partial charge in [-0.05, 0) is 49.6 Å². The highest BCUT2D eigenvalue weighted by atomic mass is 35.5. The first kappa shape index (κ1) is 19.3. The molecule has 30 heavy (non-hydrogen) atoms. The van der Waals surface area contributed by atoms with Crippen LogP contribution in [0.4, 0.5) is 15.8 Å². The zero-order chi connectivity index (χ0) is 20.9. The van der Waals surface area contributed by atoms with Crippen molar-refractivity contribution >= 4 is 46.9 Å². The van der Waals surface area contributed by atoms with E-state index < -0.39 is 5.82 Å². The second kappa shape index (κ2) is 6.95. The van der Waals surface area contributed by atoms with Crippen molar-refractivity contribution < 1.29 is 18.7 Å². The number of carbonyl (C=O) groups is 2. The summed E-state index contributed by atoms with van der Waals surface area (Å²) in [4.78, 5) is 24.8. The Morgan fingerprint density at radius 3 is 2.57 bits per heavy atom. The maximum atomic E-state index is 13.4. The number of fused-ring (bicyclic) bond motifs is 1. The number of hydrogen-bond donors (Lipinski definition) is 4. The summed E-state index contributed by atoms with van der Waals surface area (Å²) in [6, 6.07) is 9.50. The number of halogens is 2. The highest BCUT2D eigenvalue weighted by Crippen LogP contribution is 2.60. The van der Waals surface area contributed by atoms with Crippen LogP contribution in [0.15, 0.2) is 36.4 Å². The lowest BCUT2D eigenvalue weighted by Gasteiger charge is -2.70. The monoisotopic (exact) mass is 448 g/mol. The van der Waals surface area contributed by atoms with Crippen LogP contribution in [0.1, 0.15) is 29.6 Å². The smallest absolute Gasteiger partial charge is 0.258 e. The Bertz CT molecular complexity index is 1050. The van der Waals surface area contributed by atoms with Crippen LogP contribution in [0.25, 0.3) is 0 Å². The molecule has 6 rings (SSSR count). The van der Waals surface area contributed by atoms with Crippen LogP contribution in [-0.4, -0.2) is 29.5 Å². The van der Waals surface area contributed by atoms with Crippen molar-refractivity contribution in [3.63, 3.8) is 0 Å². The first-order chi connectivity index (χ1) is 14.4. The van der Waals surface area contributed by atoms with Crippen LogP contribution in [0.3, 0.4) is 0 Å². The van der Waals surface area contributed by atoms with Crippen molar-refractivity contribution in [3.8, 4) is 5.75 Å². The number of rotatable bonds is 6. The molecule has 0 spiro atoms. The largest absolute Gasteiger partial charge is 0.484 e. The van der Waals surface area contributed by atoms with Gasteiger partial charge in [-0.2, -0.15) is 0 Å². The lowest BCUT2D eigenvalue weighted by Crippen LogP contribution is -2.84. The maximum Gasteiger partial charge on any atom is 0.258 e. The highest BCUT2D eigenvalue weighted by Gasteiger charge is 2.69. The fourth-order valence-corrected chi connectivity index (χ4v) is 5.14. The molecule has 1 aliphatic heterocycles. The summed E-state index contributed by atoms with van der Waals surface area (Å²) >= 11 is 6.99. The van der Waals surface area contributed by atoms with E-state index in [0.29, 0.717) is 24.8 Å². The van der Waals surface area contributed by atoms with Crippen molar-refractivity contribution in [3.05, 3.63) is 52.8 Å². The van der Waals surface area contributed by atoms with Crippen LogP contribution in [-0.2, 0) is 4.79 Å². The molecule has 0 aromatic heterocycles. The van der Waals surface area contributed by atoms with E-state index in [1.165, 1.54) is 24.3 Å². The average Bonchev–Trinajstić information content (AvgIpc) is 3.14. The normalized spacial score (nSPS) is 25.0. The molecule has 156 valence electrons. The average molecular weight is 449 g/mol. The minimum Gasteiger partial charge on any atom is -0.484 e. The van der Waals surface area contributed by atoms with Crippen molar-refractivity contribution in [2.45, 2.75) is 30.3 Å². The van der Waals surface area contributed by atoms with E-state index in [9.17, 15) is 14.0 Å². The summed E-state index contributed by atoms with van der Waals surface area (Å²) in [5.41, 5.74) is 1.88. The second-order valence-electron chi connectivity index (χ2n) is 8.02. The fraction of sp³-hybridized carbons (Fsp3) is 0.300. The molecule has 0 unspecified atom stereocenters. The number of nitrogens with one attached hydrogen (secondary N) is 4. The fourth-order valence-electron chi connectivity index (χ4n) is 4.41. The summed E-state index contributed by atoms with van der Waals surface area (Å²) in [6.07, 6.45) is 2.06. The van der Waals surface area contributed by atoms with Gasteiger partial charge in [0.25, 0.3) is 11.8 Å². The molecule has 2 aromatic rings. The van der Waals surface area contributed by atoms with Gasteiger partial charge in [0, 0.05) is 22.7 Å². The molecule has 10 heteroatoms. The van der Waals surface area contributed by atoms with Crippen molar-refractivity contribution in [1.82, 2.24) is 10.6 Å². The number of carbonyl (C=O) groups excluding carboxylic acids is 2. The lowest BCUT2D eigenvalue weighted by molar-refractivity contribution is -0.141. The highest BCUT2D eigenvalue weighted by molar-refractivity contribution is 8.02.